The minimum Gasteiger partial charge on any atom is -0.392 e. The number of hydrogen-bond acceptors (Lipinski definition) is 3. The molecule has 1 aliphatic rings. The van der Waals surface area contributed by atoms with Gasteiger partial charge in [-0.2, -0.15) is 5.10 Å². The van der Waals surface area contributed by atoms with Crippen molar-refractivity contribution in [3.8, 4) is 22.3 Å². The smallest absolute Gasteiger partial charge is 0.0682 e. The third-order valence-electron chi connectivity index (χ3n) is 4.48. The number of hydrogen-bond donors (Lipinski definition) is 1. The van der Waals surface area contributed by atoms with E-state index < -0.39 is 0 Å². The minimum absolute atomic E-state index is 0.0134. The van der Waals surface area contributed by atoms with Crippen LogP contribution in [0.25, 0.3) is 22.3 Å². The van der Waals surface area contributed by atoms with Gasteiger partial charge in [-0.1, -0.05) is 60.7 Å². The zero-order valence-corrected chi connectivity index (χ0v) is 14.0. The van der Waals surface area contributed by atoms with Crippen LogP contribution in [0.1, 0.15) is 12.0 Å². The minimum atomic E-state index is 0.0134. The Morgan fingerprint density at radius 2 is 1.56 bits per heavy atom. The van der Waals surface area contributed by atoms with Gasteiger partial charge in [-0.05, 0) is 34.4 Å². The first-order valence-electron chi connectivity index (χ1n) is 8.55. The third-order valence-corrected chi connectivity index (χ3v) is 4.48. The summed E-state index contributed by atoms with van der Waals surface area (Å²) in [6.07, 6.45) is 2.89. The Labute approximate surface area is 147 Å². The lowest BCUT2D eigenvalue weighted by molar-refractivity contribution is 0.282. The van der Waals surface area contributed by atoms with E-state index in [4.69, 9.17) is 0 Å². The van der Waals surface area contributed by atoms with E-state index in [1.54, 1.807) is 0 Å². The lowest BCUT2D eigenvalue weighted by Crippen LogP contribution is -2.14. The summed E-state index contributed by atoms with van der Waals surface area (Å²) in [6.45, 7) is 0.877. The summed E-state index contributed by atoms with van der Waals surface area (Å²) in [6, 6.07) is 24.9. The zero-order valence-electron chi connectivity index (χ0n) is 14.0. The van der Waals surface area contributed by atoms with Crippen molar-refractivity contribution < 1.29 is 5.11 Å². The molecule has 0 saturated carbocycles. The van der Waals surface area contributed by atoms with Crippen molar-refractivity contribution in [3.05, 3.63) is 78.4 Å². The Morgan fingerprint density at radius 3 is 2.16 bits per heavy atom. The molecule has 124 valence electrons. The molecule has 0 atom stereocenters. The Morgan fingerprint density at radius 1 is 0.880 bits per heavy atom. The van der Waals surface area contributed by atoms with Crippen LogP contribution in [0.2, 0.25) is 0 Å². The first-order chi connectivity index (χ1) is 12.4. The molecule has 0 fully saturated rings. The fraction of sp³-hybridized carbons (Fsp3) is 0.136. The summed E-state index contributed by atoms with van der Waals surface area (Å²) in [5.74, 6) is 0. The van der Waals surface area contributed by atoms with Crippen LogP contribution in [-0.2, 0) is 6.61 Å². The first-order valence-corrected chi connectivity index (χ1v) is 8.55. The molecule has 25 heavy (non-hydrogen) atoms. The van der Waals surface area contributed by atoms with E-state index in [0.29, 0.717) is 0 Å². The predicted molar refractivity (Wildman–Crippen MR) is 104 cm³/mol. The summed E-state index contributed by atoms with van der Waals surface area (Å²) in [5, 5.41) is 16.3. The lowest BCUT2D eigenvalue weighted by Gasteiger charge is -2.23. The predicted octanol–water partition coefficient (Wildman–Crippen LogP) is 4.71. The molecule has 0 amide bonds. The van der Waals surface area contributed by atoms with Gasteiger partial charge >= 0.3 is 0 Å². The van der Waals surface area contributed by atoms with Gasteiger partial charge in [0.1, 0.15) is 0 Å². The van der Waals surface area contributed by atoms with Crippen LogP contribution in [0.15, 0.2) is 77.9 Å². The molecule has 0 unspecified atom stereocenters. The number of anilines is 1. The van der Waals surface area contributed by atoms with Crippen molar-refractivity contribution in [2.75, 3.05) is 11.6 Å². The van der Waals surface area contributed by atoms with Crippen molar-refractivity contribution in [2.24, 2.45) is 5.10 Å². The number of aliphatic hydroxyl groups is 1. The van der Waals surface area contributed by atoms with Gasteiger partial charge in [0.2, 0.25) is 0 Å². The van der Waals surface area contributed by atoms with Crippen molar-refractivity contribution in [1.82, 2.24) is 0 Å². The number of benzene rings is 3. The quantitative estimate of drug-likeness (QED) is 0.753. The van der Waals surface area contributed by atoms with Crippen LogP contribution in [0.4, 0.5) is 5.69 Å². The zero-order chi connectivity index (χ0) is 17.1. The largest absolute Gasteiger partial charge is 0.392 e. The van der Waals surface area contributed by atoms with Crippen molar-refractivity contribution in [2.45, 2.75) is 13.0 Å². The van der Waals surface area contributed by atoms with Crippen molar-refractivity contribution in [1.29, 1.82) is 0 Å². The lowest BCUT2D eigenvalue weighted by atomic mass is 9.91. The molecule has 4 rings (SSSR count). The molecule has 1 heterocycles. The van der Waals surface area contributed by atoms with E-state index in [0.717, 1.165) is 46.5 Å². The molecule has 1 aliphatic heterocycles. The summed E-state index contributed by atoms with van der Waals surface area (Å²) >= 11 is 0. The molecule has 0 radical (unpaired) electrons. The van der Waals surface area contributed by atoms with Crippen LogP contribution >= 0.6 is 0 Å². The van der Waals surface area contributed by atoms with Gasteiger partial charge in [0.05, 0.1) is 12.3 Å². The average molecular weight is 328 g/mol. The summed E-state index contributed by atoms with van der Waals surface area (Å²) < 4.78 is 0. The Kier molecular flexibility index (Phi) is 4.32. The van der Waals surface area contributed by atoms with Gasteiger partial charge in [-0.3, -0.25) is 5.01 Å². The molecule has 3 heteroatoms. The number of hydrazone groups is 1. The number of aliphatic hydroxyl groups excluding tert-OH is 1. The fourth-order valence-electron chi connectivity index (χ4n) is 3.31. The van der Waals surface area contributed by atoms with E-state index in [2.05, 4.69) is 53.6 Å². The van der Waals surface area contributed by atoms with E-state index >= 15 is 0 Å². The summed E-state index contributed by atoms with van der Waals surface area (Å²) in [4.78, 5) is 0. The van der Waals surface area contributed by atoms with Crippen LogP contribution in [0.3, 0.4) is 0 Å². The molecule has 0 aliphatic carbocycles. The maximum Gasteiger partial charge on any atom is 0.0682 e. The van der Waals surface area contributed by atoms with Crippen LogP contribution in [0.5, 0.6) is 0 Å². The molecule has 0 aromatic heterocycles. The standard InChI is InChI=1S/C22H20N2O/c25-16-17-14-20(18-8-3-1-4-9-18)22(19-10-5-2-6-11-19)21(15-17)24-13-7-12-23-24/h1-6,8-12,14-15,25H,7,13,16H2. The van der Waals surface area contributed by atoms with Gasteiger partial charge < -0.3 is 5.11 Å². The second-order valence-corrected chi connectivity index (χ2v) is 6.14. The molecule has 1 N–H and O–H groups in total. The van der Waals surface area contributed by atoms with Crippen molar-refractivity contribution in [3.63, 3.8) is 0 Å². The summed E-state index contributed by atoms with van der Waals surface area (Å²) in [5.41, 5.74) is 6.52. The second kappa shape index (κ2) is 6.91. The van der Waals surface area contributed by atoms with Gasteiger partial charge in [0, 0.05) is 24.7 Å². The molecular formula is C22H20N2O. The number of nitrogens with zero attached hydrogens (tertiary/aromatic N) is 2. The van der Waals surface area contributed by atoms with Gasteiger partial charge in [0.25, 0.3) is 0 Å². The molecule has 3 nitrogen and oxygen atoms in total. The highest BCUT2D eigenvalue weighted by molar-refractivity contribution is 5.93. The highest BCUT2D eigenvalue weighted by Gasteiger charge is 2.20. The van der Waals surface area contributed by atoms with Crippen LogP contribution in [-0.4, -0.2) is 17.9 Å². The Bertz CT molecular complexity index is 889. The first kappa shape index (κ1) is 15.6. The number of rotatable bonds is 4. The van der Waals surface area contributed by atoms with E-state index in [-0.39, 0.29) is 6.61 Å². The van der Waals surface area contributed by atoms with Crippen molar-refractivity contribution >= 4 is 11.9 Å². The fourth-order valence-corrected chi connectivity index (χ4v) is 3.31. The monoisotopic (exact) mass is 328 g/mol. The van der Waals surface area contributed by atoms with E-state index in [1.165, 1.54) is 0 Å². The highest BCUT2D eigenvalue weighted by Crippen LogP contribution is 2.41. The molecule has 0 saturated heterocycles. The van der Waals surface area contributed by atoms with E-state index in [1.807, 2.05) is 35.5 Å². The van der Waals surface area contributed by atoms with Gasteiger partial charge in [0.15, 0.2) is 0 Å². The molecule has 0 bridgehead atoms. The Hall–Kier alpha value is -2.91. The Balaban J connectivity index is 2.01. The van der Waals surface area contributed by atoms with Crippen LogP contribution in [0, 0.1) is 0 Å². The van der Waals surface area contributed by atoms with E-state index in [9.17, 15) is 5.11 Å². The van der Waals surface area contributed by atoms with Crippen LogP contribution < -0.4 is 5.01 Å². The average Bonchev–Trinajstić information content (AvgIpc) is 3.23. The molecule has 0 spiro atoms. The highest BCUT2D eigenvalue weighted by atomic mass is 16.3. The molecule has 3 aromatic carbocycles. The maximum atomic E-state index is 9.78. The maximum absolute atomic E-state index is 9.78. The normalized spacial score (nSPS) is 13.4. The molecule has 3 aromatic rings. The third kappa shape index (κ3) is 3.06. The van der Waals surface area contributed by atoms with Gasteiger partial charge in [-0.15, -0.1) is 0 Å². The second-order valence-electron chi connectivity index (χ2n) is 6.14. The summed E-state index contributed by atoms with van der Waals surface area (Å²) in [7, 11) is 0. The molecular weight excluding hydrogens is 308 g/mol. The topological polar surface area (TPSA) is 35.8 Å². The van der Waals surface area contributed by atoms with Gasteiger partial charge in [-0.25, -0.2) is 0 Å². The SMILES string of the molecule is OCc1cc(-c2ccccc2)c(-c2ccccc2)c(N2CCC=N2)c1.